The first-order valence-corrected chi connectivity index (χ1v) is 8.58. The minimum Gasteiger partial charge on any atom is -0.339 e. The monoisotopic (exact) mass is 349 g/mol. The lowest BCUT2D eigenvalue weighted by Gasteiger charge is -2.35. The van der Waals surface area contributed by atoms with E-state index >= 15 is 0 Å². The SMILES string of the molecule is Brc1cnc2nc(C3CCCN3C3CCNCC3)[nH]c2c1. The molecule has 2 aliphatic heterocycles. The van der Waals surface area contributed by atoms with Gasteiger partial charge in [-0.2, -0.15) is 0 Å². The first kappa shape index (κ1) is 13.7. The van der Waals surface area contributed by atoms with Crippen LogP contribution in [0.4, 0.5) is 0 Å². The number of H-pyrrole nitrogens is 1. The predicted octanol–water partition coefficient (Wildman–Crippen LogP) is 2.61. The molecule has 1 unspecified atom stereocenters. The Bertz CT molecular complexity index is 634. The summed E-state index contributed by atoms with van der Waals surface area (Å²) in [6.07, 6.45) is 6.78. The Labute approximate surface area is 132 Å². The van der Waals surface area contributed by atoms with Crippen LogP contribution in [0.5, 0.6) is 0 Å². The van der Waals surface area contributed by atoms with Gasteiger partial charge in [-0.1, -0.05) is 0 Å². The van der Waals surface area contributed by atoms with Gasteiger partial charge in [0.2, 0.25) is 0 Å². The molecule has 0 amide bonds. The van der Waals surface area contributed by atoms with Gasteiger partial charge >= 0.3 is 0 Å². The van der Waals surface area contributed by atoms with Crippen molar-refractivity contribution in [3.8, 4) is 0 Å². The summed E-state index contributed by atoms with van der Waals surface area (Å²) in [5, 5.41) is 3.46. The van der Waals surface area contributed by atoms with Gasteiger partial charge in [0.25, 0.3) is 0 Å². The molecule has 2 saturated heterocycles. The third-order valence-electron chi connectivity index (χ3n) is 4.71. The number of pyridine rings is 1. The van der Waals surface area contributed by atoms with Crippen molar-refractivity contribution in [1.82, 2.24) is 25.2 Å². The minimum atomic E-state index is 0.432. The van der Waals surface area contributed by atoms with E-state index in [1.54, 1.807) is 0 Å². The molecule has 112 valence electrons. The number of aromatic amines is 1. The zero-order valence-corrected chi connectivity index (χ0v) is 13.6. The van der Waals surface area contributed by atoms with Gasteiger partial charge in [0.05, 0.1) is 11.6 Å². The van der Waals surface area contributed by atoms with Crippen LogP contribution in [-0.4, -0.2) is 45.5 Å². The Kier molecular flexibility index (Phi) is 3.69. The molecule has 0 aromatic carbocycles. The number of nitrogens with zero attached hydrogens (tertiary/aromatic N) is 3. The van der Waals surface area contributed by atoms with Crippen molar-refractivity contribution in [2.24, 2.45) is 0 Å². The summed E-state index contributed by atoms with van der Waals surface area (Å²) in [7, 11) is 0. The zero-order chi connectivity index (χ0) is 14.2. The molecule has 1 atom stereocenters. The first-order valence-electron chi connectivity index (χ1n) is 7.79. The fraction of sp³-hybridized carbons (Fsp3) is 0.600. The standard InChI is InChI=1S/C15H20BrN5/c16-10-8-12-14(18-9-10)20-15(19-12)13-2-1-7-21(13)11-3-5-17-6-4-11/h8-9,11,13,17H,1-7H2,(H,18,19,20). The van der Waals surface area contributed by atoms with E-state index in [0.29, 0.717) is 12.1 Å². The lowest BCUT2D eigenvalue weighted by molar-refractivity contribution is 0.144. The Morgan fingerprint density at radius 2 is 2.10 bits per heavy atom. The number of nitrogens with one attached hydrogen (secondary N) is 2. The molecule has 0 spiro atoms. The maximum atomic E-state index is 4.74. The number of hydrogen-bond acceptors (Lipinski definition) is 4. The summed E-state index contributed by atoms with van der Waals surface area (Å²) in [5.41, 5.74) is 1.85. The Balaban J connectivity index is 1.63. The number of piperidine rings is 1. The van der Waals surface area contributed by atoms with Crippen LogP contribution in [-0.2, 0) is 0 Å². The average Bonchev–Trinajstić information content (AvgIpc) is 3.13. The summed E-state index contributed by atoms with van der Waals surface area (Å²) >= 11 is 3.47. The summed E-state index contributed by atoms with van der Waals surface area (Å²) in [6.45, 7) is 3.48. The zero-order valence-electron chi connectivity index (χ0n) is 12.0. The molecule has 4 rings (SSSR count). The maximum Gasteiger partial charge on any atom is 0.177 e. The maximum absolute atomic E-state index is 4.74. The fourth-order valence-corrected chi connectivity index (χ4v) is 4.04. The molecule has 2 aliphatic rings. The van der Waals surface area contributed by atoms with Crippen LogP contribution in [0.15, 0.2) is 16.7 Å². The molecule has 2 N–H and O–H groups in total. The van der Waals surface area contributed by atoms with Crippen molar-refractivity contribution in [2.45, 2.75) is 37.8 Å². The molecular formula is C15H20BrN5. The van der Waals surface area contributed by atoms with Gasteiger partial charge in [-0.25, -0.2) is 9.97 Å². The van der Waals surface area contributed by atoms with Crippen LogP contribution >= 0.6 is 15.9 Å². The second-order valence-corrected chi connectivity index (χ2v) is 6.94. The third-order valence-corrected chi connectivity index (χ3v) is 5.14. The molecule has 4 heterocycles. The number of halogens is 1. The molecule has 2 fully saturated rings. The average molecular weight is 350 g/mol. The van der Waals surface area contributed by atoms with E-state index in [-0.39, 0.29) is 0 Å². The van der Waals surface area contributed by atoms with E-state index in [4.69, 9.17) is 4.98 Å². The molecular weight excluding hydrogens is 330 g/mol. The van der Waals surface area contributed by atoms with Crippen molar-refractivity contribution < 1.29 is 0 Å². The Hall–Kier alpha value is -0.980. The molecule has 5 nitrogen and oxygen atoms in total. The Morgan fingerprint density at radius 1 is 1.24 bits per heavy atom. The van der Waals surface area contributed by atoms with E-state index in [2.05, 4.69) is 42.2 Å². The van der Waals surface area contributed by atoms with Gasteiger partial charge in [-0.3, -0.25) is 4.90 Å². The normalized spacial score (nSPS) is 24.9. The lowest BCUT2D eigenvalue weighted by Crippen LogP contribution is -2.42. The van der Waals surface area contributed by atoms with E-state index < -0.39 is 0 Å². The second-order valence-electron chi connectivity index (χ2n) is 6.02. The molecule has 2 aromatic rings. The van der Waals surface area contributed by atoms with Crippen LogP contribution < -0.4 is 5.32 Å². The highest BCUT2D eigenvalue weighted by Gasteiger charge is 2.34. The van der Waals surface area contributed by atoms with E-state index in [1.165, 1.54) is 32.2 Å². The second kappa shape index (κ2) is 5.66. The molecule has 0 radical (unpaired) electrons. The van der Waals surface area contributed by atoms with Crippen molar-refractivity contribution in [2.75, 3.05) is 19.6 Å². The van der Waals surface area contributed by atoms with Crippen LogP contribution in [0.25, 0.3) is 11.2 Å². The lowest BCUT2D eigenvalue weighted by atomic mass is 10.0. The van der Waals surface area contributed by atoms with Crippen LogP contribution in [0, 0.1) is 0 Å². The molecule has 0 saturated carbocycles. The number of rotatable bonds is 2. The van der Waals surface area contributed by atoms with Crippen molar-refractivity contribution in [3.63, 3.8) is 0 Å². The van der Waals surface area contributed by atoms with E-state index in [9.17, 15) is 0 Å². The van der Waals surface area contributed by atoms with Crippen molar-refractivity contribution >= 4 is 27.1 Å². The summed E-state index contributed by atoms with van der Waals surface area (Å²) in [5.74, 6) is 1.09. The van der Waals surface area contributed by atoms with Crippen LogP contribution in [0.3, 0.4) is 0 Å². The molecule has 2 aromatic heterocycles. The van der Waals surface area contributed by atoms with Gasteiger partial charge in [-0.05, 0) is 67.3 Å². The van der Waals surface area contributed by atoms with E-state index in [0.717, 1.165) is 34.6 Å². The minimum absolute atomic E-state index is 0.432. The molecule has 0 aliphatic carbocycles. The van der Waals surface area contributed by atoms with E-state index in [1.807, 2.05) is 6.20 Å². The highest BCUT2D eigenvalue weighted by atomic mass is 79.9. The highest BCUT2D eigenvalue weighted by Crippen LogP contribution is 2.35. The Morgan fingerprint density at radius 3 is 2.95 bits per heavy atom. The quantitative estimate of drug-likeness (QED) is 0.874. The number of hydrogen-bond donors (Lipinski definition) is 2. The van der Waals surface area contributed by atoms with Crippen molar-refractivity contribution in [3.05, 3.63) is 22.6 Å². The number of aromatic nitrogens is 3. The molecule has 6 heteroatoms. The van der Waals surface area contributed by atoms with Gasteiger partial charge in [-0.15, -0.1) is 0 Å². The van der Waals surface area contributed by atoms with Gasteiger partial charge < -0.3 is 10.3 Å². The summed E-state index contributed by atoms with van der Waals surface area (Å²) < 4.78 is 0.992. The van der Waals surface area contributed by atoms with Gasteiger partial charge in [0, 0.05) is 16.7 Å². The van der Waals surface area contributed by atoms with Gasteiger partial charge in [0.1, 0.15) is 5.82 Å². The third kappa shape index (κ3) is 2.60. The molecule has 0 bridgehead atoms. The smallest absolute Gasteiger partial charge is 0.177 e. The van der Waals surface area contributed by atoms with Crippen LogP contribution in [0.2, 0.25) is 0 Å². The van der Waals surface area contributed by atoms with Crippen LogP contribution in [0.1, 0.15) is 37.5 Å². The summed E-state index contributed by atoms with van der Waals surface area (Å²) in [4.78, 5) is 15.3. The van der Waals surface area contributed by atoms with Gasteiger partial charge in [0.15, 0.2) is 5.65 Å². The summed E-state index contributed by atoms with van der Waals surface area (Å²) in [6, 6.07) is 3.19. The largest absolute Gasteiger partial charge is 0.339 e. The fourth-order valence-electron chi connectivity index (χ4n) is 3.71. The topological polar surface area (TPSA) is 56.8 Å². The molecule has 21 heavy (non-hydrogen) atoms. The first-order chi connectivity index (χ1) is 10.3. The number of fused-ring (bicyclic) bond motifs is 1. The number of imidazole rings is 1. The van der Waals surface area contributed by atoms with Crippen molar-refractivity contribution in [1.29, 1.82) is 0 Å². The predicted molar refractivity (Wildman–Crippen MR) is 86.2 cm³/mol. The number of likely N-dealkylation sites (tertiary alicyclic amines) is 1. The highest BCUT2D eigenvalue weighted by molar-refractivity contribution is 9.10.